The molecule has 1 fully saturated rings. The summed E-state index contributed by atoms with van der Waals surface area (Å²) in [6.07, 6.45) is 1.12. The molecule has 1 aromatic heterocycles. The Kier molecular flexibility index (Phi) is 4.33. The molecule has 0 radical (unpaired) electrons. The van der Waals surface area contributed by atoms with Gasteiger partial charge in [0.15, 0.2) is 0 Å². The van der Waals surface area contributed by atoms with Crippen molar-refractivity contribution >= 4 is 22.9 Å². The highest BCUT2D eigenvalue weighted by molar-refractivity contribution is 7.08. The number of hydrogen-bond acceptors (Lipinski definition) is 4. The summed E-state index contributed by atoms with van der Waals surface area (Å²) in [4.78, 5) is 13.9. The summed E-state index contributed by atoms with van der Waals surface area (Å²) in [6, 6.07) is 1.92. The monoisotopic (exact) mass is 239 g/mol. The standard InChI is InChI=1S/C11H17N3OS/c15-11(13-10-2-7-16-9-10)8-14-5-1-3-12-4-6-14/h2,7,9,12H,1,3-6,8H2,(H,13,15). The molecule has 88 valence electrons. The Morgan fingerprint density at radius 3 is 3.25 bits per heavy atom. The minimum absolute atomic E-state index is 0.0836. The molecule has 2 heterocycles. The first kappa shape index (κ1) is 11.6. The molecular weight excluding hydrogens is 222 g/mol. The largest absolute Gasteiger partial charge is 0.324 e. The molecule has 4 nitrogen and oxygen atoms in total. The van der Waals surface area contributed by atoms with Gasteiger partial charge in [-0.25, -0.2) is 0 Å². The van der Waals surface area contributed by atoms with Crippen LogP contribution in [0.15, 0.2) is 16.8 Å². The van der Waals surface area contributed by atoms with Crippen LogP contribution in [0.2, 0.25) is 0 Å². The summed E-state index contributed by atoms with van der Waals surface area (Å²) in [5.41, 5.74) is 0.906. The molecule has 5 heteroatoms. The normalized spacial score (nSPS) is 18.0. The van der Waals surface area contributed by atoms with Gasteiger partial charge in [0.2, 0.25) is 5.91 Å². The number of amides is 1. The number of rotatable bonds is 3. The van der Waals surface area contributed by atoms with Crippen molar-refractivity contribution in [2.24, 2.45) is 0 Å². The summed E-state index contributed by atoms with van der Waals surface area (Å²) >= 11 is 1.59. The van der Waals surface area contributed by atoms with E-state index >= 15 is 0 Å². The van der Waals surface area contributed by atoms with Crippen molar-refractivity contribution in [3.8, 4) is 0 Å². The third-order valence-electron chi connectivity index (χ3n) is 2.60. The van der Waals surface area contributed by atoms with Crippen molar-refractivity contribution < 1.29 is 4.79 Å². The molecule has 0 aliphatic carbocycles. The first-order valence-electron chi connectivity index (χ1n) is 5.60. The fraction of sp³-hybridized carbons (Fsp3) is 0.545. The van der Waals surface area contributed by atoms with Crippen LogP contribution in [-0.4, -0.2) is 43.5 Å². The van der Waals surface area contributed by atoms with Gasteiger partial charge >= 0.3 is 0 Å². The van der Waals surface area contributed by atoms with Crippen LogP contribution in [-0.2, 0) is 4.79 Å². The number of anilines is 1. The fourth-order valence-corrected chi connectivity index (χ4v) is 2.39. The van der Waals surface area contributed by atoms with E-state index in [1.807, 2.05) is 16.8 Å². The molecule has 0 atom stereocenters. The topological polar surface area (TPSA) is 44.4 Å². The number of carbonyl (C=O) groups excluding carboxylic acids is 1. The molecule has 2 rings (SSSR count). The number of nitrogens with zero attached hydrogens (tertiary/aromatic N) is 1. The SMILES string of the molecule is O=C(CN1CCCNCC1)Nc1ccsc1. The van der Waals surface area contributed by atoms with Crippen LogP contribution in [0, 0.1) is 0 Å². The highest BCUT2D eigenvalue weighted by atomic mass is 32.1. The summed E-state index contributed by atoms with van der Waals surface area (Å²) in [7, 11) is 0. The maximum absolute atomic E-state index is 11.7. The molecule has 1 amide bonds. The van der Waals surface area contributed by atoms with E-state index in [9.17, 15) is 4.79 Å². The van der Waals surface area contributed by atoms with Crippen LogP contribution in [0.25, 0.3) is 0 Å². The van der Waals surface area contributed by atoms with E-state index in [2.05, 4.69) is 15.5 Å². The van der Waals surface area contributed by atoms with Gasteiger partial charge in [-0.15, -0.1) is 0 Å². The third kappa shape index (κ3) is 3.59. The van der Waals surface area contributed by atoms with Crippen molar-refractivity contribution in [3.63, 3.8) is 0 Å². The van der Waals surface area contributed by atoms with Crippen molar-refractivity contribution in [1.29, 1.82) is 0 Å². The van der Waals surface area contributed by atoms with E-state index in [4.69, 9.17) is 0 Å². The fourth-order valence-electron chi connectivity index (χ4n) is 1.80. The first-order chi connectivity index (χ1) is 7.84. The Morgan fingerprint density at radius 1 is 1.50 bits per heavy atom. The molecule has 1 aliphatic heterocycles. The minimum atomic E-state index is 0.0836. The molecule has 0 saturated carbocycles. The maximum atomic E-state index is 11.7. The van der Waals surface area contributed by atoms with Crippen LogP contribution in [0.5, 0.6) is 0 Å². The molecule has 1 saturated heterocycles. The van der Waals surface area contributed by atoms with Gasteiger partial charge in [-0.05, 0) is 31.0 Å². The lowest BCUT2D eigenvalue weighted by atomic mass is 10.4. The predicted molar refractivity (Wildman–Crippen MR) is 66.9 cm³/mol. The molecule has 1 aromatic rings. The van der Waals surface area contributed by atoms with Crippen LogP contribution >= 0.6 is 11.3 Å². The van der Waals surface area contributed by atoms with Crippen molar-refractivity contribution in [1.82, 2.24) is 10.2 Å². The van der Waals surface area contributed by atoms with E-state index in [0.717, 1.165) is 38.3 Å². The second-order valence-corrected chi connectivity index (χ2v) is 4.72. The van der Waals surface area contributed by atoms with Crippen molar-refractivity contribution in [2.75, 3.05) is 38.0 Å². The van der Waals surface area contributed by atoms with Crippen molar-refractivity contribution in [2.45, 2.75) is 6.42 Å². The van der Waals surface area contributed by atoms with Gasteiger partial charge in [0.05, 0.1) is 12.2 Å². The lowest BCUT2D eigenvalue weighted by Gasteiger charge is -2.18. The Morgan fingerprint density at radius 2 is 2.44 bits per heavy atom. The van der Waals surface area contributed by atoms with Gasteiger partial charge in [-0.1, -0.05) is 0 Å². The lowest BCUT2D eigenvalue weighted by Crippen LogP contribution is -2.35. The molecule has 0 spiro atoms. The van der Waals surface area contributed by atoms with Crippen LogP contribution in [0.3, 0.4) is 0 Å². The second-order valence-electron chi connectivity index (χ2n) is 3.94. The minimum Gasteiger partial charge on any atom is -0.324 e. The summed E-state index contributed by atoms with van der Waals surface area (Å²) in [5.74, 6) is 0.0836. The van der Waals surface area contributed by atoms with Crippen LogP contribution in [0.4, 0.5) is 5.69 Å². The van der Waals surface area contributed by atoms with Crippen LogP contribution in [0.1, 0.15) is 6.42 Å². The van der Waals surface area contributed by atoms with Crippen LogP contribution < -0.4 is 10.6 Å². The molecule has 2 N–H and O–H groups in total. The summed E-state index contributed by atoms with van der Waals surface area (Å²) in [5, 5.41) is 10.1. The van der Waals surface area contributed by atoms with Gasteiger partial charge in [0.1, 0.15) is 0 Å². The highest BCUT2D eigenvalue weighted by Crippen LogP contribution is 2.11. The Balaban J connectivity index is 1.77. The number of hydrogen-bond donors (Lipinski definition) is 2. The van der Waals surface area contributed by atoms with Crippen molar-refractivity contribution in [3.05, 3.63) is 16.8 Å². The zero-order valence-corrected chi connectivity index (χ0v) is 10.1. The lowest BCUT2D eigenvalue weighted by molar-refractivity contribution is -0.117. The zero-order chi connectivity index (χ0) is 11.2. The molecule has 16 heavy (non-hydrogen) atoms. The van der Waals surface area contributed by atoms with Gasteiger partial charge < -0.3 is 10.6 Å². The van der Waals surface area contributed by atoms with E-state index in [-0.39, 0.29) is 5.91 Å². The molecule has 1 aliphatic rings. The third-order valence-corrected chi connectivity index (χ3v) is 3.29. The average molecular weight is 239 g/mol. The Bertz CT molecular complexity index is 318. The highest BCUT2D eigenvalue weighted by Gasteiger charge is 2.12. The number of thiophene rings is 1. The average Bonchev–Trinajstić information content (AvgIpc) is 2.62. The summed E-state index contributed by atoms with van der Waals surface area (Å²) in [6.45, 7) is 4.49. The van der Waals surface area contributed by atoms with Gasteiger partial charge in [-0.3, -0.25) is 9.69 Å². The predicted octanol–water partition coefficient (Wildman–Crippen LogP) is 0.982. The van der Waals surface area contributed by atoms with E-state index in [0.29, 0.717) is 6.54 Å². The van der Waals surface area contributed by atoms with E-state index in [1.54, 1.807) is 11.3 Å². The molecule has 0 bridgehead atoms. The van der Waals surface area contributed by atoms with Gasteiger partial charge in [0.25, 0.3) is 0 Å². The second kappa shape index (κ2) is 5.98. The Hall–Kier alpha value is -0.910. The molecule has 0 aromatic carbocycles. The van der Waals surface area contributed by atoms with E-state index in [1.165, 1.54) is 0 Å². The Labute approximate surface area is 99.6 Å². The number of nitrogens with one attached hydrogen (secondary N) is 2. The van der Waals surface area contributed by atoms with Gasteiger partial charge in [0, 0.05) is 18.5 Å². The first-order valence-corrected chi connectivity index (χ1v) is 6.54. The maximum Gasteiger partial charge on any atom is 0.238 e. The van der Waals surface area contributed by atoms with Gasteiger partial charge in [-0.2, -0.15) is 11.3 Å². The number of carbonyl (C=O) groups is 1. The smallest absolute Gasteiger partial charge is 0.238 e. The zero-order valence-electron chi connectivity index (χ0n) is 9.24. The quantitative estimate of drug-likeness (QED) is 0.826. The molecule has 0 unspecified atom stereocenters. The van der Waals surface area contributed by atoms with E-state index < -0.39 is 0 Å². The summed E-state index contributed by atoms with van der Waals surface area (Å²) < 4.78 is 0. The molecular formula is C11H17N3OS.